The Balaban J connectivity index is 3.99. The normalized spacial score (nSPS) is 11.5. The van der Waals surface area contributed by atoms with E-state index in [-0.39, 0.29) is 19.0 Å². The van der Waals surface area contributed by atoms with Gasteiger partial charge in [-0.25, -0.2) is 4.79 Å². The number of carboxylic acids is 1. The van der Waals surface area contributed by atoms with Crippen LogP contribution in [0, 0.1) is 5.92 Å². The molecule has 0 heterocycles. The van der Waals surface area contributed by atoms with Gasteiger partial charge in [-0.2, -0.15) is 0 Å². The Kier molecular flexibility index (Phi) is 8.32. The molecule has 0 bridgehead atoms. The van der Waals surface area contributed by atoms with Crippen molar-refractivity contribution in [1.29, 1.82) is 0 Å². The maximum atomic E-state index is 11.6. The number of hydrogen-bond donors (Lipinski definition) is 3. The molecule has 0 radical (unpaired) electrons. The van der Waals surface area contributed by atoms with Crippen molar-refractivity contribution < 1.29 is 19.5 Å². The summed E-state index contributed by atoms with van der Waals surface area (Å²) < 4.78 is 0. The Hall–Kier alpha value is -1.79. The van der Waals surface area contributed by atoms with Crippen LogP contribution in [0.2, 0.25) is 0 Å². The first-order valence-corrected chi connectivity index (χ1v) is 6.48. The quantitative estimate of drug-likeness (QED) is 0.591. The first-order valence-electron chi connectivity index (χ1n) is 6.48. The van der Waals surface area contributed by atoms with Gasteiger partial charge in [0, 0.05) is 19.6 Å². The number of rotatable bonds is 8. The molecule has 0 spiro atoms. The van der Waals surface area contributed by atoms with E-state index < -0.39 is 17.9 Å². The topological polar surface area (TPSA) is 98.7 Å². The molecule has 3 amide bonds. The highest BCUT2D eigenvalue weighted by Crippen LogP contribution is 1.99. The SMILES string of the molecule is CCC(CNC(=O)NCC(=O)N(CC)CC)C(=O)O. The lowest BCUT2D eigenvalue weighted by Crippen LogP contribution is -2.45. The minimum Gasteiger partial charge on any atom is -0.481 e. The molecule has 7 heteroatoms. The number of amides is 3. The molecule has 1 unspecified atom stereocenters. The van der Waals surface area contributed by atoms with Crippen molar-refractivity contribution in [1.82, 2.24) is 15.5 Å². The van der Waals surface area contributed by atoms with Crippen LogP contribution < -0.4 is 10.6 Å². The van der Waals surface area contributed by atoms with E-state index in [1.54, 1.807) is 11.8 Å². The molecule has 0 fully saturated rings. The third-order valence-electron chi connectivity index (χ3n) is 2.87. The highest BCUT2D eigenvalue weighted by atomic mass is 16.4. The van der Waals surface area contributed by atoms with Crippen LogP contribution in [-0.4, -0.2) is 54.1 Å². The summed E-state index contributed by atoms with van der Waals surface area (Å²) in [5, 5.41) is 13.7. The lowest BCUT2D eigenvalue weighted by atomic mass is 10.1. The molecule has 0 saturated carbocycles. The fraction of sp³-hybridized carbons (Fsp3) is 0.750. The Morgan fingerprint density at radius 3 is 2.11 bits per heavy atom. The molecule has 0 saturated heterocycles. The molecule has 0 aliphatic carbocycles. The molecule has 0 aromatic rings. The van der Waals surface area contributed by atoms with Crippen LogP contribution in [-0.2, 0) is 9.59 Å². The van der Waals surface area contributed by atoms with E-state index in [1.165, 1.54) is 0 Å². The van der Waals surface area contributed by atoms with Gasteiger partial charge in [-0.3, -0.25) is 9.59 Å². The van der Waals surface area contributed by atoms with Gasteiger partial charge in [0.15, 0.2) is 0 Å². The zero-order valence-electron chi connectivity index (χ0n) is 11.7. The van der Waals surface area contributed by atoms with Crippen LogP contribution >= 0.6 is 0 Å². The third kappa shape index (κ3) is 6.64. The Morgan fingerprint density at radius 1 is 1.11 bits per heavy atom. The van der Waals surface area contributed by atoms with Crippen LogP contribution in [0.25, 0.3) is 0 Å². The van der Waals surface area contributed by atoms with Gasteiger partial charge in [0.2, 0.25) is 5.91 Å². The molecule has 0 aromatic heterocycles. The van der Waals surface area contributed by atoms with Crippen molar-refractivity contribution in [3.8, 4) is 0 Å². The molecule has 0 aliphatic heterocycles. The van der Waals surface area contributed by atoms with Gasteiger partial charge in [-0.15, -0.1) is 0 Å². The van der Waals surface area contributed by atoms with Crippen molar-refractivity contribution in [2.45, 2.75) is 27.2 Å². The van der Waals surface area contributed by atoms with Crippen molar-refractivity contribution in [3.05, 3.63) is 0 Å². The van der Waals surface area contributed by atoms with Gasteiger partial charge in [0.25, 0.3) is 0 Å². The minimum absolute atomic E-state index is 0.0527. The number of aliphatic carboxylic acids is 1. The summed E-state index contributed by atoms with van der Waals surface area (Å²) in [7, 11) is 0. The van der Waals surface area contributed by atoms with E-state index in [0.717, 1.165) is 0 Å². The smallest absolute Gasteiger partial charge is 0.315 e. The second kappa shape index (κ2) is 9.18. The number of carboxylic acid groups (broad SMARTS) is 1. The Labute approximate surface area is 113 Å². The highest BCUT2D eigenvalue weighted by molar-refractivity contribution is 5.84. The van der Waals surface area contributed by atoms with Gasteiger partial charge in [-0.1, -0.05) is 6.92 Å². The Bertz CT molecular complexity index is 316. The van der Waals surface area contributed by atoms with Crippen molar-refractivity contribution in [2.24, 2.45) is 5.92 Å². The molecule has 19 heavy (non-hydrogen) atoms. The number of nitrogens with one attached hydrogen (secondary N) is 2. The number of carbonyl (C=O) groups is 3. The van der Waals surface area contributed by atoms with E-state index in [1.807, 2.05) is 13.8 Å². The van der Waals surface area contributed by atoms with Crippen LogP contribution in [0.15, 0.2) is 0 Å². The highest BCUT2D eigenvalue weighted by Gasteiger charge is 2.16. The standard InChI is InChI=1S/C12H23N3O4/c1-4-9(11(17)18)7-13-12(19)14-8-10(16)15(5-2)6-3/h9H,4-8H2,1-3H3,(H,17,18)(H2,13,14,19). The van der Waals surface area contributed by atoms with Crippen molar-refractivity contribution >= 4 is 17.9 Å². The summed E-state index contributed by atoms with van der Waals surface area (Å²) in [6.07, 6.45) is 0.438. The van der Waals surface area contributed by atoms with Crippen LogP contribution in [0.1, 0.15) is 27.2 Å². The molecule has 7 nitrogen and oxygen atoms in total. The summed E-state index contributed by atoms with van der Waals surface area (Å²) in [6.45, 7) is 6.61. The molecule has 110 valence electrons. The first kappa shape index (κ1) is 17.2. The van der Waals surface area contributed by atoms with E-state index in [2.05, 4.69) is 10.6 Å². The fourth-order valence-corrected chi connectivity index (χ4v) is 1.53. The zero-order chi connectivity index (χ0) is 14.8. The fourth-order valence-electron chi connectivity index (χ4n) is 1.53. The number of urea groups is 1. The zero-order valence-corrected chi connectivity index (χ0v) is 11.7. The average molecular weight is 273 g/mol. The predicted octanol–water partition coefficient (Wildman–Crippen LogP) is 0.265. The monoisotopic (exact) mass is 273 g/mol. The minimum atomic E-state index is -0.943. The molecule has 0 rings (SSSR count). The van der Waals surface area contributed by atoms with Crippen molar-refractivity contribution in [2.75, 3.05) is 26.2 Å². The number of hydrogen-bond acceptors (Lipinski definition) is 3. The summed E-state index contributed by atoms with van der Waals surface area (Å²) in [4.78, 5) is 35.4. The molecule has 0 aliphatic rings. The largest absolute Gasteiger partial charge is 0.481 e. The lowest BCUT2D eigenvalue weighted by molar-refractivity contribution is -0.141. The second-order valence-electron chi connectivity index (χ2n) is 4.07. The maximum Gasteiger partial charge on any atom is 0.315 e. The van der Waals surface area contributed by atoms with E-state index in [9.17, 15) is 14.4 Å². The van der Waals surface area contributed by atoms with Gasteiger partial charge in [-0.05, 0) is 20.3 Å². The average Bonchev–Trinajstić information content (AvgIpc) is 2.38. The lowest BCUT2D eigenvalue weighted by Gasteiger charge is -2.19. The van der Waals surface area contributed by atoms with E-state index in [0.29, 0.717) is 19.5 Å². The van der Waals surface area contributed by atoms with Crippen LogP contribution in [0.4, 0.5) is 4.79 Å². The Morgan fingerprint density at radius 2 is 1.68 bits per heavy atom. The van der Waals surface area contributed by atoms with E-state index in [4.69, 9.17) is 5.11 Å². The first-order chi connectivity index (χ1) is 8.96. The second-order valence-corrected chi connectivity index (χ2v) is 4.07. The van der Waals surface area contributed by atoms with Crippen LogP contribution in [0.5, 0.6) is 0 Å². The number of nitrogens with zero attached hydrogens (tertiary/aromatic N) is 1. The van der Waals surface area contributed by atoms with Crippen molar-refractivity contribution in [3.63, 3.8) is 0 Å². The van der Waals surface area contributed by atoms with Gasteiger partial charge in [0.05, 0.1) is 12.5 Å². The van der Waals surface area contributed by atoms with Gasteiger partial charge >= 0.3 is 12.0 Å². The summed E-state index contributed by atoms with van der Waals surface area (Å²) >= 11 is 0. The van der Waals surface area contributed by atoms with Gasteiger partial charge in [0.1, 0.15) is 0 Å². The summed E-state index contributed by atoms with van der Waals surface area (Å²) in [5.74, 6) is -1.71. The molecule has 0 aromatic carbocycles. The number of likely N-dealkylation sites (N-methyl/N-ethyl adjacent to an activating group) is 1. The number of carbonyl (C=O) groups excluding carboxylic acids is 2. The summed E-state index contributed by atoms with van der Waals surface area (Å²) in [5.41, 5.74) is 0. The predicted molar refractivity (Wildman–Crippen MR) is 70.7 cm³/mol. The van der Waals surface area contributed by atoms with Gasteiger partial charge < -0.3 is 20.6 Å². The maximum absolute atomic E-state index is 11.6. The van der Waals surface area contributed by atoms with Crippen LogP contribution in [0.3, 0.4) is 0 Å². The molecule has 3 N–H and O–H groups in total. The molecular formula is C12H23N3O4. The molecular weight excluding hydrogens is 250 g/mol. The third-order valence-corrected chi connectivity index (χ3v) is 2.87. The van der Waals surface area contributed by atoms with E-state index >= 15 is 0 Å². The summed E-state index contributed by atoms with van der Waals surface area (Å²) in [6, 6.07) is -0.528. The molecule has 1 atom stereocenters.